The van der Waals surface area contributed by atoms with Crippen molar-refractivity contribution in [3.8, 4) is 0 Å². The van der Waals surface area contributed by atoms with E-state index < -0.39 is 8.31 Å². The quantitative estimate of drug-likeness (QED) is 0.657. The minimum Gasteiger partial charge on any atom is -0.371 e. The van der Waals surface area contributed by atoms with E-state index in [0.29, 0.717) is 0 Å². The maximum absolute atomic E-state index is 5.88. The summed E-state index contributed by atoms with van der Waals surface area (Å²) in [6.07, 6.45) is 16.2. The van der Waals surface area contributed by atoms with Crippen LogP contribution in [-0.2, 0) is 9.47 Å². The van der Waals surface area contributed by atoms with Gasteiger partial charge in [-0.1, -0.05) is 53.4 Å². The van der Waals surface area contributed by atoms with E-state index in [2.05, 4.69) is 70.7 Å². The summed E-state index contributed by atoms with van der Waals surface area (Å²) in [7, 11) is -0.994. The molecule has 4 heteroatoms. The van der Waals surface area contributed by atoms with Crippen molar-refractivity contribution in [3.63, 3.8) is 0 Å². The SMILES string of the molecule is CCOC1(C)C=CC([SiH]([SiH2]C)C2=CCC(C)(OCC)C=C2)=CC1. The van der Waals surface area contributed by atoms with E-state index in [1.807, 2.05) is 0 Å². The molecule has 23 heavy (non-hydrogen) atoms. The number of hydrogen-bond donors (Lipinski definition) is 0. The molecule has 0 aromatic heterocycles. The normalized spacial score (nSPS) is 32.2. The second kappa shape index (κ2) is 7.92. The molecule has 2 atom stereocenters. The third-order valence-electron chi connectivity index (χ3n) is 4.90. The molecule has 2 unspecified atom stereocenters. The summed E-state index contributed by atoms with van der Waals surface area (Å²) >= 11 is 0. The molecule has 0 aromatic rings. The van der Waals surface area contributed by atoms with Gasteiger partial charge in [-0.2, -0.15) is 0 Å². The molecule has 0 heterocycles. The summed E-state index contributed by atoms with van der Waals surface area (Å²) in [6.45, 7) is 12.5. The van der Waals surface area contributed by atoms with Gasteiger partial charge in [-0.3, -0.25) is 0 Å². The molecule has 0 aliphatic heterocycles. The van der Waals surface area contributed by atoms with Crippen molar-refractivity contribution in [2.75, 3.05) is 13.2 Å². The average Bonchev–Trinajstić information content (AvgIpc) is 2.52. The second-order valence-corrected chi connectivity index (χ2v) is 15.1. The molecule has 0 saturated carbocycles. The highest BCUT2D eigenvalue weighted by Gasteiger charge is 2.28. The topological polar surface area (TPSA) is 18.5 Å². The van der Waals surface area contributed by atoms with E-state index in [9.17, 15) is 0 Å². The first kappa shape index (κ1) is 18.6. The lowest BCUT2D eigenvalue weighted by molar-refractivity contribution is 0.0150. The molecule has 2 aliphatic carbocycles. The third-order valence-corrected chi connectivity index (χ3v) is 13.5. The maximum atomic E-state index is 5.88. The lowest BCUT2D eigenvalue weighted by Gasteiger charge is -2.32. The van der Waals surface area contributed by atoms with Gasteiger partial charge in [0.05, 0.1) is 19.5 Å². The molecule has 0 radical (unpaired) electrons. The van der Waals surface area contributed by atoms with Crippen LogP contribution in [0.15, 0.2) is 46.8 Å². The fraction of sp³-hybridized carbons (Fsp3) is 0.579. The molecule has 2 rings (SSSR count). The Morgan fingerprint density at radius 2 is 1.39 bits per heavy atom. The van der Waals surface area contributed by atoms with Crippen LogP contribution >= 0.6 is 0 Å². The molecular weight excluding hydrogens is 316 g/mol. The summed E-state index contributed by atoms with van der Waals surface area (Å²) < 4.78 is 11.8. The minimum atomic E-state index is -0.955. The number of allylic oxidation sites excluding steroid dienone is 4. The standard InChI is InChI=1S/C19H32O2Si2/c1-6-20-18(3)12-8-16(9-13-18)23(22-5)17-10-14-19(4,15-11-17)21-7-2/h8-12,14,23H,6-7,13,15,22H2,1-5H3. The van der Waals surface area contributed by atoms with Gasteiger partial charge in [-0.25, -0.2) is 0 Å². The van der Waals surface area contributed by atoms with Gasteiger partial charge in [-0.05, 0) is 40.5 Å². The van der Waals surface area contributed by atoms with Gasteiger partial charge in [0.25, 0.3) is 0 Å². The van der Waals surface area contributed by atoms with Gasteiger partial charge in [0.15, 0.2) is 0 Å². The minimum absolute atomic E-state index is 0.0388. The van der Waals surface area contributed by atoms with Gasteiger partial charge in [0.1, 0.15) is 0 Å². The Bertz CT molecular complexity index is 489. The fourth-order valence-electron chi connectivity index (χ4n) is 3.51. The van der Waals surface area contributed by atoms with Crippen LogP contribution in [0.4, 0.5) is 0 Å². The van der Waals surface area contributed by atoms with Crippen LogP contribution in [0.3, 0.4) is 0 Å². The predicted octanol–water partition coefficient (Wildman–Crippen LogP) is 3.37. The van der Waals surface area contributed by atoms with Crippen LogP contribution in [0.1, 0.15) is 40.5 Å². The Morgan fingerprint density at radius 3 is 1.65 bits per heavy atom. The summed E-state index contributed by atoms with van der Waals surface area (Å²) in [5, 5.41) is 3.24. The van der Waals surface area contributed by atoms with Crippen LogP contribution < -0.4 is 0 Å². The van der Waals surface area contributed by atoms with E-state index in [0.717, 1.165) is 26.1 Å². The van der Waals surface area contributed by atoms with Crippen molar-refractivity contribution in [2.24, 2.45) is 0 Å². The monoisotopic (exact) mass is 348 g/mol. The lowest BCUT2D eigenvalue weighted by Crippen LogP contribution is -2.34. The number of hydrogen-bond acceptors (Lipinski definition) is 2. The molecule has 0 bridgehead atoms. The van der Waals surface area contributed by atoms with Gasteiger partial charge < -0.3 is 9.47 Å². The smallest absolute Gasteiger partial charge is 0.0879 e. The highest BCUT2D eigenvalue weighted by molar-refractivity contribution is 7.19. The summed E-state index contributed by atoms with van der Waals surface area (Å²) in [5.74, 6) is 0. The Hall–Kier alpha value is -0.686. The predicted molar refractivity (Wildman–Crippen MR) is 105 cm³/mol. The second-order valence-electron chi connectivity index (χ2n) is 6.94. The summed E-state index contributed by atoms with van der Waals surface area (Å²) in [6, 6.07) is 0. The Labute approximate surface area is 145 Å². The van der Waals surface area contributed by atoms with Crippen molar-refractivity contribution in [1.29, 1.82) is 0 Å². The molecule has 0 aromatic carbocycles. The number of rotatable bonds is 7. The van der Waals surface area contributed by atoms with Crippen LogP contribution in [0, 0.1) is 0 Å². The van der Waals surface area contributed by atoms with Gasteiger partial charge >= 0.3 is 0 Å². The van der Waals surface area contributed by atoms with Gasteiger partial charge in [-0.15, -0.1) is 0 Å². The molecule has 0 spiro atoms. The molecule has 0 fully saturated rings. The summed E-state index contributed by atoms with van der Waals surface area (Å²) in [4.78, 5) is 0. The van der Waals surface area contributed by atoms with E-state index in [4.69, 9.17) is 9.47 Å². The molecule has 2 nitrogen and oxygen atoms in total. The molecule has 0 amide bonds. The molecule has 128 valence electrons. The first-order chi connectivity index (χ1) is 11.0. The zero-order valence-electron chi connectivity index (χ0n) is 15.4. The van der Waals surface area contributed by atoms with Gasteiger partial charge in [0, 0.05) is 22.3 Å². The molecular formula is C19H32O2Si2. The fourth-order valence-corrected chi connectivity index (χ4v) is 10.9. The Kier molecular flexibility index (Phi) is 6.43. The largest absolute Gasteiger partial charge is 0.371 e. The average molecular weight is 349 g/mol. The van der Waals surface area contributed by atoms with Crippen molar-refractivity contribution >= 4 is 17.4 Å². The van der Waals surface area contributed by atoms with Crippen LogP contribution in [0.2, 0.25) is 6.55 Å². The lowest BCUT2D eigenvalue weighted by atomic mass is 9.97. The van der Waals surface area contributed by atoms with E-state index in [-0.39, 0.29) is 20.2 Å². The first-order valence-electron chi connectivity index (χ1n) is 9.01. The molecule has 2 aliphatic rings. The van der Waals surface area contributed by atoms with Crippen molar-refractivity contribution in [3.05, 3.63) is 46.8 Å². The van der Waals surface area contributed by atoms with Crippen molar-refractivity contribution < 1.29 is 9.47 Å². The van der Waals surface area contributed by atoms with Crippen LogP contribution in [0.5, 0.6) is 0 Å². The summed E-state index contributed by atoms with van der Waals surface area (Å²) in [5.41, 5.74) is -0.201. The Morgan fingerprint density at radius 1 is 0.957 bits per heavy atom. The Balaban J connectivity index is 2.08. The molecule has 0 N–H and O–H groups in total. The third kappa shape index (κ3) is 4.66. The van der Waals surface area contributed by atoms with E-state index in [1.54, 1.807) is 10.4 Å². The van der Waals surface area contributed by atoms with Crippen molar-refractivity contribution in [1.82, 2.24) is 0 Å². The maximum Gasteiger partial charge on any atom is 0.0879 e. The molecule has 0 saturated heterocycles. The zero-order chi connectivity index (χ0) is 16.9. The van der Waals surface area contributed by atoms with E-state index >= 15 is 0 Å². The van der Waals surface area contributed by atoms with E-state index in [1.165, 1.54) is 0 Å². The number of ether oxygens (including phenoxy) is 2. The first-order valence-corrected chi connectivity index (χ1v) is 14.8. The van der Waals surface area contributed by atoms with Crippen molar-refractivity contribution in [2.45, 2.75) is 58.3 Å². The highest BCUT2D eigenvalue weighted by Crippen LogP contribution is 2.30. The van der Waals surface area contributed by atoms with Gasteiger partial charge in [0.2, 0.25) is 0 Å². The van der Waals surface area contributed by atoms with Crippen LogP contribution in [0.25, 0.3) is 0 Å². The van der Waals surface area contributed by atoms with Crippen LogP contribution in [-0.4, -0.2) is 41.8 Å². The highest BCUT2D eigenvalue weighted by atomic mass is 29.2. The zero-order valence-corrected chi connectivity index (χ0v) is 18.0.